The van der Waals surface area contributed by atoms with Crippen LogP contribution in [0.25, 0.3) is 0 Å². The Kier molecular flexibility index (Phi) is 6.04. The first-order valence-corrected chi connectivity index (χ1v) is 9.49. The Balaban J connectivity index is 2.39. The molecule has 0 bridgehead atoms. The van der Waals surface area contributed by atoms with Crippen LogP contribution in [0.4, 0.5) is 4.39 Å². The molecular formula is C16H16FNO5S2. The molecule has 1 amide bonds. The molecule has 134 valence electrons. The lowest BCUT2D eigenvalue weighted by Crippen LogP contribution is -2.14. The standard InChI is InChI=1S/C16H16FNO5S2/c1-23-7-6-11(19)8-14-13(16(18)20)9-15(24-14)25(21,22)12-4-2-10(17)3-5-12/h2-5,9H,6-8H2,1H3,(H2,18,20). The third kappa shape index (κ3) is 4.50. The number of thiophene rings is 1. The fraction of sp³-hybridized carbons (Fsp3) is 0.250. The quantitative estimate of drug-likeness (QED) is 0.700. The van der Waals surface area contributed by atoms with Crippen LogP contribution >= 0.6 is 11.3 Å². The molecule has 6 nitrogen and oxygen atoms in total. The number of carbonyl (C=O) groups excluding carboxylic acids is 2. The fourth-order valence-corrected chi connectivity index (χ4v) is 5.04. The lowest BCUT2D eigenvalue weighted by molar-refractivity contribution is -0.119. The Bertz CT molecular complexity index is 888. The fourth-order valence-electron chi connectivity index (χ4n) is 2.09. The van der Waals surface area contributed by atoms with Gasteiger partial charge < -0.3 is 10.5 Å². The molecule has 0 fully saturated rings. The van der Waals surface area contributed by atoms with E-state index in [4.69, 9.17) is 10.5 Å². The van der Waals surface area contributed by atoms with E-state index in [0.717, 1.165) is 41.7 Å². The Morgan fingerprint density at radius 3 is 2.44 bits per heavy atom. The van der Waals surface area contributed by atoms with Gasteiger partial charge in [0.2, 0.25) is 15.7 Å². The zero-order valence-corrected chi connectivity index (χ0v) is 15.0. The SMILES string of the molecule is COCCC(=O)Cc1sc(S(=O)(=O)c2ccc(F)cc2)cc1C(N)=O. The van der Waals surface area contributed by atoms with Gasteiger partial charge in [-0.1, -0.05) is 0 Å². The van der Waals surface area contributed by atoms with Crippen molar-refractivity contribution in [3.05, 3.63) is 46.6 Å². The Labute approximate surface area is 148 Å². The molecule has 0 aliphatic heterocycles. The molecule has 25 heavy (non-hydrogen) atoms. The van der Waals surface area contributed by atoms with Crippen LogP contribution in [0.1, 0.15) is 21.7 Å². The summed E-state index contributed by atoms with van der Waals surface area (Å²) in [7, 11) is -2.48. The van der Waals surface area contributed by atoms with Crippen LogP contribution in [0.5, 0.6) is 0 Å². The summed E-state index contributed by atoms with van der Waals surface area (Å²) in [5.41, 5.74) is 5.29. The Hall–Kier alpha value is -2.10. The molecule has 2 rings (SSSR count). The van der Waals surface area contributed by atoms with Gasteiger partial charge >= 0.3 is 0 Å². The van der Waals surface area contributed by atoms with Gasteiger partial charge in [0.05, 0.1) is 17.1 Å². The Morgan fingerprint density at radius 1 is 1.24 bits per heavy atom. The molecule has 2 aromatic rings. The number of ketones is 1. The topological polar surface area (TPSA) is 104 Å². The van der Waals surface area contributed by atoms with Crippen molar-refractivity contribution in [3.63, 3.8) is 0 Å². The van der Waals surface area contributed by atoms with Crippen molar-refractivity contribution in [3.8, 4) is 0 Å². The highest BCUT2D eigenvalue weighted by Crippen LogP contribution is 2.31. The number of amides is 1. The van der Waals surface area contributed by atoms with Crippen LogP contribution in [-0.2, 0) is 25.8 Å². The number of rotatable bonds is 8. The maximum absolute atomic E-state index is 13.0. The predicted molar refractivity (Wildman–Crippen MR) is 89.9 cm³/mol. The summed E-state index contributed by atoms with van der Waals surface area (Å²) in [4.78, 5) is 23.7. The number of carbonyl (C=O) groups is 2. The number of hydrogen-bond donors (Lipinski definition) is 1. The minimum atomic E-state index is -3.94. The predicted octanol–water partition coefficient (Wildman–Crippen LogP) is 1.97. The van der Waals surface area contributed by atoms with Gasteiger partial charge in [-0.05, 0) is 30.3 Å². The lowest BCUT2D eigenvalue weighted by Gasteiger charge is -2.01. The number of primary amides is 1. The number of Topliss-reactive ketones (excluding diaryl/α,β-unsaturated/α-hetero) is 1. The number of halogens is 1. The molecule has 0 radical (unpaired) electrons. The van der Waals surface area contributed by atoms with Crippen molar-refractivity contribution in [2.24, 2.45) is 5.73 Å². The summed E-state index contributed by atoms with van der Waals surface area (Å²) in [6, 6.07) is 5.50. The van der Waals surface area contributed by atoms with Crippen molar-refractivity contribution in [2.75, 3.05) is 13.7 Å². The van der Waals surface area contributed by atoms with Crippen molar-refractivity contribution in [1.29, 1.82) is 0 Å². The van der Waals surface area contributed by atoms with E-state index in [1.165, 1.54) is 7.11 Å². The van der Waals surface area contributed by atoms with Crippen LogP contribution in [-0.4, -0.2) is 33.8 Å². The molecule has 0 saturated heterocycles. The number of ether oxygens (including phenoxy) is 1. The first kappa shape index (κ1) is 19.2. The minimum absolute atomic E-state index is 0.00328. The first-order chi connectivity index (χ1) is 11.8. The zero-order valence-electron chi connectivity index (χ0n) is 13.3. The number of hydrogen-bond acceptors (Lipinski definition) is 6. The number of methoxy groups -OCH3 is 1. The Morgan fingerprint density at radius 2 is 1.88 bits per heavy atom. The van der Waals surface area contributed by atoms with Gasteiger partial charge in [0.15, 0.2) is 0 Å². The summed E-state index contributed by atoms with van der Waals surface area (Å²) in [6.45, 7) is 0.233. The summed E-state index contributed by atoms with van der Waals surface area (Å²) < 4.78 is 42.9. The average molecular weight is 385 g/mol. The third-order valence-electron chi connectivity index (χ3n) is 3.38. The summed E-state index contributed by atoms with van der Waals surface area (Å²) in [5, 5.41) is 0. The van der Waals surface area contributed by atoms with Crippen molar-refractivity contribution < 1.29 is 27.1 Å². The van der Waals surface area contributed by atoms with E-state index in [2.05, 4.69) is 0 Å². The summed E-state index contributed by atoms with van der Waals surface area (Å²) >= 11 is 0.811. The molecule has 0 saturated carbocycles. The highest BCUT2D eigenvalue weighted by molar-refractivity contribution is 7.93. The molecule has 1 aromatic heterocycles. The van der Waals surface area contributed by atoms with Gasteiger partial charge in [-0.3, -0.25) is 9.59 Å². The normalized spacial score (nSPS) is 11.4. The molecule has 2 N–H and O–H groups in total. The monoisotopic (exact) mass is 385 g/mol. The van der Waals surface area contributed by atoms with Crippen LogP contribution in [0, 0.1) is 5.82 Å². The second-order valence-electron chi connectivity index (χ2n) is 5.18. The van der Waals surface area contributed by atoms with E-state index in [-0.39, 0.29) is 44.8 Å². The van der Waals surface area contributed by atoms with Crippen LogP contribution in [0.3, 0.4) is 0 Å². The molecule has 0 aliphatic rings. The first-order valence-electron chi connectivity index (χ1n) is 7.19. The molecule has 0 atom stereocenters. The van der Waals surface area contributed by atoms with E-state index >= 15 is 0 Å². The number of sulfone groups is 1. The van der Waals surface area contributed by atoms with E-state index in [1.54, 1.807) is 0 Å². The smallest absolute Gasteiger partial charge is 0.249 e. The molecular weight excluding hydrogens is 369 g/mol. The van der Waals surface area contributed by atoms with Crippen molar-refractivity contribution in [1.82, 2.24) is 0 Å². The minimum Gasteiger partial charge on any atom is -0.384 e. The second kappa shape index (κ2) is 7.85. The highest BCUT2D eigenvalue weighted by Gasteiger charge is 2.25. The molecule has 0 spiro atoms. The van der Waals surface area contributed by atoms with E-state index in [0.29, 0.717) is 0 Å². The van der Waals surface area contributed by atoms with Crippen molar-refractivity contribution in [2.45, 2.75) is 21.9 Å². The van der Waals surface area contributed by atoms with Gasteiger partial charge in [-0.15, -0.1) is 11.3 Å². The third-order valence-corrected chi connectivity index (χ3v) is 6.76. The molecule has 0 aliphatic carbocycles. The zero-order chi connectivity index (χ0) is 18.6. The van der Waals surface area contributed by atoms with Gasteiger partial charge in [0.25, 0.3) is 0 Å². The van der Waals surface area contributed by atoms with Crippen LogP contribution in [0.2, 0.25) is 0 Å². The highest BCUT2D eigenvalue weighted by atomic mass is 32.2. The molecule has 0 unspecified atom stereocenters. The summed E-state index contributed by atoms with van der Waals surface area (Å²) in [6.07, 6.45) is 0.0396. The van der Waals surface area contributed by atoms with Crippen LogP contribution < -0.4 is 5.73 Å². The second-order valence-corrected chi connectivity index (χ2v) is 8.50. The lowest BCUT2D eigenvalue weighted by atomic mass is 10.1. The van der Waals surface area contributed by atoms with Gasteiger partial charge in [0.1, 0.15) is 15.8 Å². The maximum Gasteiger partial charge on any atom is 0.249 e. The largest absolute Gasteiger partial charge is 0.384 e. The van der Waals surface area contributed by atoms with Crippen LogP contribution in [0.15, 0.2) is 39.4 Å². The molecule has 1 aromatic carbocycles. The van der Waals surface area contributed by atoms with E-state index < -0.39 is 21.6 Å². The van der Waals surface area contributed by atoms with Crippen molar-refractivity contribution >= 4 is 32.9 Å². The molecule has 1 heterocycles. The van der Waals surface area contributed by atoms with Gasteiger partial charge in [-0.2, -0.15) is 0 Å². The number of benzene rings is 1. The average Bonchev–Trinajstić information content (AvgIpc) is 2.98. The van der Waals surface area contributed by atoms with Gasteiger partial charge in [0, 0.05) is 24.8 Å². The van der Waals surface area contributed by atoms with E-state index in [1.807, 2.05) is 0 Å². The number of nitrogens with two attached hydrogens (primary N) is 1. The van der Waals surface area contributed by atoms with Gasteiger partial charge in [-0.25, -0.2) is 12.8 Å². The summed E-state index contributed by atoms with van der Waals surface area (Å²) in [5.74, 6) is -1.57. The maximum atomic E-state index is 13.0. The molecule has 9 heteroatoms. The van der Waals surface area contributed by atoms with E-state index in [9.17, 15) is 22.4 Å².